The van der Waals surface area contributed by atoms with Gasteiger partial charge in [-0.25, -0.2) is 0 Å². The normalized spacial score (nSPS) is 22.8. The molecule has 2 heterocycles. The molecule has 0 spiro atoms. The number of rotatable bonds is 1. The Bertz CT molecular complexity index is 556. The van der Waals surface area contributed by atoms with Crippen LogP contribution in [-0.2, 0) is 6.54 Å². The summed E-state index contributed by atoms with van der Waals surface area (Å²) in [6, 6.07) is 8.59. The molecule has 0 saturated carbocycles. The molecule has 1 aliphatic rings. The molecule has 2 aromatic rings. The highest BCUT2D eigenvalue weighted by Gasteiger charge is 2.26. The van der Waals surface area contributed by atoms with Gasteiger partial charge in [-0.1, -0.05) is 36.8 Å². The highest BCUT2D eigenvalue weighted by molar-refractivity contribution is 5.56. The molecule has 0 radical (unpaired) electrons. The van der Waals surface area contributed by atoms with Crippen LogP contribution in [0.5, 0.6) is 0 Å². The van der Waals surface area contributed by atoms with Crippen molar-refractivity contribution in [2.24, 2.45) is 5.73 Å². The topological polar surface area (TPSA) is 56.7 Å². The summed E-state index contributed by atoms with van der Waals surface area (Å²) < 4.78 is 2.17. The maximum atomic E-state index is 6.09. The van der Waals surface area contributed by atoms with Gasteiger partial charge in [0, 0.05) is 24.1 Å². The Morgan fingerprint density at radius 3 is 2.67 bits per heavy atom. The van der Waals surface area contributed by atoms with Crippen molar-refractivity contribution < 1.29 is 0 Å². The minimum atomic E-state index is 0.202. The van der Waals surface area contributed by atoms with Crippen molar-refractivity contribution in [3.05, 3.63) is 35.7 Å². The van der Waals surface area contributed by atoms with E-state index in [4.69, 9.17) is 5.73 Å². The van der Waals surface area contributed by atoms with Crippen molar-refractivity contribution in [2.45, 2.75) is 38.8 Å². The Hall–Kier alpha value is -1.68. The maximum Gasteiger partial charge on any atom is 0.164 e. The molecule has 0 amide bonds. The van der Waals surface area contributed by atoms with Crippen molar-refractivity contribution in [3.63, 3.8) is 0 Å². The lowest BCUT2D eigenvalue weighted by Gasteiger charge is -2.25. The second-order valence-electron chi connectivity index (χ2n) is 5.26. The Kier molecular flexibility index (Phi) is 2.67. The second-order valence-corrected chi connectivity index (χ2v) is 5.26. The molecule has 0 saturated heterocycles. The predicted molar refractivity (Wildman–Crippen MR) is 71.2 cm³/mol. The largest absolute Gasteiger partial charge is 0.326 e. The van der Waals surface area contributed by atoms with Crippen molar-refractivity contribution in [1.29, 1.82) is 0 Å². The number of aromatic nitrogens is 3. The lowest BCUT2D eigenvalue weighted by Crippen LogP contribution is -2.33. The van der Waals surface area contributed by atoms with E-state index < -0.39 is 0 Å². The third kappa shape index (κ3) is 1.82. The van der Waals surface area contributed by atoms with Gasteiger partial charge in [0.1, 0.15) is 5.82 Å². The van der Waals surface area contributed by atoms with E-state index in [1.807, 2.05) is 0 Å². The Labute approximate surface area is 107 Å². The van der Waals surface area contributed by atoms with E-state index in [1.54, 1.807) is 0 Å². The van der Waals surface area contributed by atoms with E-state index in [-0.39, 0.29) is 6.04 Å². The Morgan fingerprint density at radius 1 is 1.22 bits per heavy atom. The number of hydrogen-bond acceptors (Lipinski definition) is 3. The van der Waals surface area contributed by atoms with Crippen LogP contribution in [-0.4, -0.2) is 20.8 Å². The van der Waals surface area contributed by atoms with Gasteiger partial charge in [-0.2, -0.15) is 0 Å². The molecule has 2 atom stereocenters. The fraction of sp³-hybridized carbons (Fsp3) is 0.429. The molecule has 94 valence electrons. The van der Waals surface area contributed by atoms with E-state index >= 15 is 0 Å². The van der Waals surface area contributed by atoms with Crippen LogP contribution in [0, 0.1) is 6.92 Å². The summed E-state index contributed by atoms with van der Waals surface area (Å²) >= 11 is 0. The quantitative estimate of drug-likeness (QED) is 0.833. The monoisotopic (exact) mass is 242 g/mol. The summed E-state index contributed by atoms with van der Waals surface area (Å²) in [5.41, 5.74) is 8.46. The Morgan fingerprint density at radius 2 is 1.94 bits per heavy atom. The van der Waals surface area contributed by atoms with Crippen molar-refractivity contribution >= 4 is 0 Å². The minimum absolute atomic E-state index is 0.202. The van der Waals surface area contributed by atoms with Gasteiger partial charge in [0.15, 0.2) is 5.82 Å². The zero-order valence-electron chi connectivity index (χ0n) is 10.8. The van der Waals surface area contributed by atoms with Crippen LogP contribution in [0.15, 0.2) is 24.3 Å². The average Bonchev–Trinajstić information content (AvgIpc) is 2.74. The number of aryl methyl sites for hydroxylation is 1. The highest BCUT2D eigenvalue weighted by Crippen LogP contribution is 2.29. The summed E-state index contributed by atoms with van der Waals surface area (Å²) in [5.74, 6) is 2.39. The molecule has 0 fully saturated rings. The lowest BCUT2D eigenvalue weighted by molar-refractivity contribution is 0.409. The first-order valence-electron chi connectivity index (χ1n) is 6.41. The molecule has 1 aromatic heterocycles. The number of nitrogens with zero attached hydrogens (tertiary/aromatic N) is 3. The van der Waals surface area contributed by atoms with Gasteiger partial charge < -0.3 is 10.3 Å². The van der Waals surface area contributed by atoms with E-state index in [2.05, 4.69) is 52.9 Å². The van der Waals surface area contributed by atoms with Crippen LogP contribution >= 0.6 is 0 Å². The Balaban J connectivity index is 2.06. The first-order chi connectivity index (χ1) is 8.65. The van der Waals surface area contributed by atoms with Crippen LogP contribution in [0.2, 0.25) is 0 Å². The van der Waals surface area contributed by atoms with Gasteiger partial charge in [0.05, 0.1) is 0 Å². The number of benzene rings is 1. The number of fused-ring (bicyclic) bond motifs is 1. The molecule has 4 heteroatoms. The summed E-state index contributed by atoms with van der Waals surface area (Å²) in [7, 11) is 0. The molecule has 1 aliphatic heterocycles. The highest BCUT2D eigenvalue weighted by atomic mass is 15.3. The zero-order chi connectivity index (χ0) is 12.7. The van der Waals surface area contributed by atoms with E-state index in [0.29, 0.717) is 5.92 Å². The van der Waals surface area contributed by atoms with Gasteiger partial charge in [-0.15, -0.1) is 10.2 Å². The SMILES string of the molecule is Cc1ccc(-c2nnc3n2CC(N)CC3C)cc1. The second kappa shape index (κ2) is 4.21. The molecule has 2 unspecified atom stereocenters. The van der Waals surface area contributed by atoms with Crippen LogP contribution in [0.1, 0.15) is 30.7 Å². The summed E-state index contributed by atoms with van der Waals surface area (Å²) in [6.45, 7) is 5.06. The molecular formula is C14H18N4. The van der Waals surface area contributed by atoms with Crippen LogP contribution in [0.25, 0.3) is 11.4 Å². The fourth-order valence-electron chi connectivity index (χ4n) is 2.64. The molecule has 1 aromatic carbocycles. The summed E-state index contributed by atoms with van der Waals surface area (Å²) in [4.78, 5) is 0. The fourth-order valence-corrected chi connectivity index (χ4v) is 2.64. The molecular weight excluding hydrogens is 224 g/mol. The molecule has 18 heavy (non-hydrogen) atoms. The zero-order valence-corrected chi connectivity index (χ0v) is 10.8. The van der Waals surface area contributed by atoms with Crippen molar-refractivity contribution in [2.75, 3.05) is 0 Å². The van der Waals surface area contributed by atoms with Gasteiger partial charge in [0.25, 0.3) is 0 Å². The molecule has 3 rings (SSSR count). The first-order valence-corrected chi connectivity index (χ1v) is 6.41. The third-order valence-electron chi connectivity index (χ3n) is 3.60. The van der Waals surface area contributed by atoms with E-state index in [0.717, 1.165) is 30.2 Å². The van der Waals surface area contributed by atoms with Gasteiger partial charge in [0.2, 0.25) is 0 Å². The molecule has 0 aliphatic carbocycles. The summed E-state index contributed by atoms with van der Waals surface area (Å²) in [6.07, 6.45) is 0.992. The number of nitrogens with two attached hydrogens (primary N) is 1. The molecule has 2 N–H and O–H groups in total. The molecule has 0 bridgehead atoms. The standard InChI is InChI=1S/C14H18N4/c1-9-3-5-11(6-4-9)14-17-16-13-10(2)7-12(15)8-18(13)14/h3-6,10,12H,7-8,15H2,1-2H3. The minimum Gasteiger partial charge on any atom is -0.326 e. The number of hydrogen-bond donors (Lipinski definition) is 1. The van der Waals surface area contributed by atoms with E-state index in [9.17, 15) is 0 Å². The smallest absolute Gasteiger partial charge is 0.164 e. The van der Waals surface area contributed by atoms with Crippen molar-refractivity contribution in [1.82, 2.24) is 14.8 Å². The summed E-state index contributed by atoms with van der Waals surface area (Å²) in [5, 5.41) is 8.67. The van der Waals surface area contributed by atoms with Crippen LogP contribution in [0.3, 0.4) is 0 Å². The van der Waals surface area contributed by atoms with Gasteiger partial charge >= 0.3 is 0 Å². The van der Waals surface area contributed by atoms with Crippen LogP contribution in [0.4, 0.5) is 0 Å². The van der Waals surface area contributed by atoms with Gasteiger partial charge in [-0.05, 0) is 13.3 Å². The maximum absolute atomic E-state index is 6.09. The van der Waals surface area contributed by atoms with E-state index in [1.165, 1.54) is 5.56 Å². The van der Waals surface area contributed by atoms with Crippen molar-refractivity contribution in [3.8, 4) is 11.4 Å². The average molecular weight is 242 g/mol. The third-order valence-corrected chi connectivity index (χ3v) is 3.60. The van der Waals surface area contributed by atoms with Crippen LogP contribution < -0.4 is 5.73 Å². The predicted octanol–water partition coefficient (Wildman–Crippen LogP) is 2.09. The molecule has 4 nitrogen and oxygen atoms in total. The van der Waals surface area contributed by atoms with Gasteiger partial charge in [-0.3, -0.25) is 0 Å². The first kappa shape index (κ1) is 11.4. The lowest BCUT2D eigenvalue weighted by atomic mass is 9.97.